The molecule has 0 heterocycles. The van der Waals surface area contributed by atoms with Gasteiger partial charge >= 0.3 is 0 Å². The van der Waals surface area contributed by atoms with Crippen LogP contribution >= 0.6 is 11.8 Å². The van der Waals surface area contributed by atoms with Crippen LogP contribution in [0.4, 0.5) is 0 Å². The Morgan fingerprint density at radius 1 is 1.25 bits per heavy atom. The van der Waals surface area contributed by atoms with Gasteiger partial charge in [-0.25, -0.2) is 0 Å². The first-order chi connectivity index (χ1) is 5.57. The monoisotopic (exact) mass is 180 g/mol. The zero-order chi connectivity index (χ0) is 9.56. The van der Waals surface area contributed by atoms with Gasteiger partial charge in [0.15, 0.2) is 0 Å². The van der Waals surface area contributed by atoms with Crippen LogP contribution in [0.25, 0.3) is 0 Å². The third-order valence-electron chi connectivity index (χ3n) is 1.16. The lowest BCUT2D eigenvalue weighted by atomic mass is 10.3. The maximum Gasteiger partial charge on any atom is 0.0105 e. The highest BCUT2D eigenvalue weighted by Gasteiger charge is 1.95. The van der Waals surface area contributed by atoms with Crippen LogP contribution in [0.2, 0.25) is 0 Å². The summed E-state index contributed by atoms with van der Waals surface area (Å²) in [4.78, 5) is 2.36. The SMILES string of the molecule is C=C/C=C\C(SC(=C)C)=C(C)C. The molecule has 66 valence electrons. The van der Waals surface area contributed by atoms with E-state index in [9.17, 15) is 0 Å². The fraction of sp³-hybridized carbons (Fsp3) is 0.273. The van der Waals surface area contributed by atoms with Crippen LogP contribution in [0.5, 0.6) is 0 Å². The Bertz CT molecular complexity index is 227. The summed E-state index contributed by atoms with van der Waals surface area (Å²) in [6, 6.07) is 0. The lowest BCUT2D eigenvalue weighted by Crippen LogP contribution is -1.75. The quantitative estimate of drug-likeness (QED) is 0.582. The van der Waals surface area contributed by atoms with Crippen molar-refractivity contribution in [1.29, 1.82) is 0 Å². The van der Waals surface area contributed by atoms with Crippen molar-refractivity contribution in [3.8, 4) is 0 Å². The molecule has 0 aromatic rings. The summed E-state index contributed by atoms with van der Waals surface area (Å²) < 4.78 is 0. The van der Waals surface area contributed by atoms with Gasteiger partial charge < -0.3 is 0 Å². The van der Waals surface area contributed by atoms with Gasteiger partial charge in [0.05, 0.1) is 0 Å². The minimum Gasteiger partial charge on any atom is -0.0991 e. The number of thioether (sulfide) groups is 1. The Hall–Kier alpha value is -0.690. The van der Waals surface area contributed by atoms with Crippen molar-refractivity contribution in [1.82, 2.24) is 0 Å². The van der Waals surface area contributed by atoms with Gasteiger partial charge in [0, 0.05) is 4.91 Å². The second-order valence-corrected chi connectivity index (χ2v) is 4.10. The van der Waals surface area contributed by atoms with E-state index in [0.717, 1.165) is 4.91 Å². The Morgan fingerprint density at radius 2 is 1.83 bits per heavy atom. The average Bonchev–Trinajstić information content (AvgIpc) is 1.96. The van der Waals surface area contributed by atoms with Gasteiger partial charge in [-0.2, -0.15) is 0 Å². The summed E-state index contributed by atoms with van der Waals surface area (Å²) in [5.41, 5.74) is 1.31. The van der Waals surface area contributed by atoms with Crippen LogP contribution in [-0.4, -0.2) is 0 Å². The van der Waals surface area contributed by atoms with E-state index in [0.29, 0.717) is 0 Å². The average molecular weight is 180 g/mol. The number of allylic oxidation sites excluding steroid dienone is 5. The molecule has 0 aliphatic rings. The fourth-order valence-electron chi connectivity index (χ4n) is 0.646. The van der Waals surface area contributed by atoms with Crippen molar-refractivity contribution >= 4 is 11.8 Å². The highest BCUT2D eigenvalue weighted by Crippen LogP contribution is 2.27. The van der Waals surface area contributed by atoms with Gasteiger partial charge in [0.2, 0.25) is 0 Å². The number of hydrogen-bond acceptors (Lipinski definition) is 1. The molecule has 0 rings (SSSR count). The van der Waals surface area contributed by atoms with E-state index in [2.05, 4.69) is 33.1 Å². The zero-order valence-electron chi connectivity index (χ0n) is 8.05. The molecule has 0 saturated carbocycles. The highest BCUT2D eigenvalue weighted by molar-refractivity contribution is 8.06. The standard InChI is InChI=1S/C11H16S/c1-6-7-8-11(9(2)3)12-10(4)5/h6-8H,1,4H2,2-3,5H3/b8-7-. The summed E-state index contributed by atoms with van der Waals surface area (Å²) in [6.45, 7) is 13.7. The van der Waals surface area contributed by atoms with E-state index in [1.165, 1.54) is 10.5 Å². The van der Waals surface area contributed by atoms with E-state index < -0.39 is 0 Å². The van der Waals surface area contributed by atoms with Gasteiger partial charge in [0.25, 0.3) is 0 Å². The Labute approximate surface area is 79.8 Å². The molecule has 0 atom stereocenters. The molecule has 1 heteroatoms. The van der Waals surface area contributed by atoms with Crippen molar-refractivity contribution in [2.75, 3.05) is 0 Å². The molecule has 0 spiro atoms. The Balaban J connectivity index is 4.47. The van der Waals surface area contributed by atoms with Crippen molar-refractivity contribution in [2.24, 2.45) is 0 Å². The van der Waals surface area contributed by atoms with E-state index in [1.54, 1.807) is 17.8 Å². The third kappa shape index (κ3) is 5.03. The van der Waals surface area contributed by atoms with Gasteiger partial charge in [-0.15, -0.1) is 0 Å². The molecule has 0 aromatic heterocycles. The maximum absolute atomic E-state index is 3.85. The molecule has 0 unspecified atom stereocenters. The molecule has 0 aliphatic carbocycles. The lowest BCUT2D eigenvalue weighted by molar-refractivity contribution is 1.38. The van der Waals surface area contributed by atoms with Gasteiger partial charge in [0.1, 0.15) is 0 Å². The van der Waals surface area contributed by atoms with Crippen LogP contribution in [0.15, 0.2) is 46.8 Å². The second kappa shape index (κ2) is 5.90. The van der Waals surface area contributed by atoms with Crippen molar-refractivity contribution in [3.63, 3.8) is 0 Å². The van der Waals surface area contributed by atoms with Gasteiger partial charge in [-0.05, 0) is 31.8 Å². The van der Waals surface area contributed by atoms with Gasteiger partial charge in [-0.3, -0.25) is 0 Å². The third-order valence-corrected chi connectivity index (χ3v) is 2.27. The van der Waals surface area contributed by atoms with E-state index in [1.807, 2.05) is 13.0 Å². The highest BCUT2D eigenvalue weighted by atomic mass is 32.2. The number of hydrogen-bond donors (Lipinski definition) is 0. The topological polar surface area (TPSA) is 0 Å². The second-order valence-electron chi connectivity index (χ2n) is 2.76. The number of rotatable bonds is 4. The van der Waals surface area contributed by atoms with E-state index in [4.69, 9.17) is 0 Å². The Kier molecular flexibility index (Phi) is 5.56. The zero-order valence-corrected chi connectivity index (χ0v) is 8.87. The molecule has 0 aromatic carbocycles. The van der Waals surface area contributed by atoms with E-state index in [-0.39, 0.29) is 0 Å². The fourth-order valence-corrected chi connectivity index (χ4v) is 1.37. The predicted molar refractivity (Wildman–Crippen MR) is 60.1 cm³/mol. The van der Waals surface area contributed by atoms with Crippen molar-refractivity contribution in [3.05, 3.63) is 46.8 Å². The van der Waals surface area contributed by atoms with E-state index >= 15 is 0 Å². The molecule has 0 bridgehead atoms. The molecule has 0 saturated heterocycles. The first kappa shape index (κ1) is 11.3. The minimum absolute atomic E-state index is 1.11. The molecule has 12 heavy (non-hydrogen) atoms. The molecule has 0 nitrogen and oxygen atoms in total. The van der Waals surface area contributed by atoms with Crippen molar-refractivity contribution in [2.45, 2.75) is 20.8 Å². The molecule has 0 radical (unpaired) electrons. The summed E-state index contributed by atoms with van der Waals surface area (Å²) >= 11 is 1.70. The minimum atomic E-state index is 1.11. The van der Waals surface area contributed by atoms with Crippen LogP contribution in [-0.2, 0) is 0 Å². The normalized spacial score (nSPS) is 9.92. The summed E-state index contributed by atoms with van der Waals surface area (Å²) in [5.74, 6) is 0. The molecular weight excluding hydrogens is 164 g/mol. The molecule has 0 N–H and O–H groups in total. The molecule has 0 aliphatic heterocycles. The van der Waals surface area contributed by atoms with Crippen LogP contribution < -0.4 is 0 Å². The smallest absolute Gasteiger partial charge is 0.0105 e. The largest absolute Gasteiger partial charge is 0.0991 e. The predicted octanol–water partition coefficient (Wildman–Crippen LogP) is 4.29. The summed E-state index contributed by atoms with van der Waals surface area (Å²) in [7, 11) is 0. The van der Waals surface area contributed by atoms with Gasteiger partial charge in [-0.1, -0.05) is 42.6 Å². The van der Waals surface area contributed by atoms with Crippen LogP contribution in [0.1, 0.15) is 20.8 Å². The molecular formula is C11H16S. The summed E-state index contributed by atoms with van der Waals surface area (Å²) in [5, 5.41) is 0. The molecule has 0 amide bonds. The van der Waals surface area contributed by atoms with Crippen LogP contribution in [0, 0.1) is 0 Å². The van der Waals surface area contributed by atoms with Crippen molar-refractivity contribution < 1.29 is 0 Å². The first-order valence-electron chi connectivity index (χ1n) is 3.88. The Morgan fingerprint density at radius 3 is 2.17 bits per heavy atom. The molecule has 0 fully saturated rings. The van der Waals surface area contributed by atoms with Crippen LogP contribution in [0.3, 0.4) is 0 Å². The summed E-state index contributed by atoms with van der Waals surface area (Å²) in [6.07, 6.45) is 5.78. The lowest BCUT2D eigenvalue weighted by Gasteiger charge is -2.02. The maximum atomic E-state index is 3.85. The first-order valence-corrected chi connectivity index (χ1v) is 4.69.